The normalized spacial score (nSPS) is 10.8. The van der Waals surface area contributed by atoms with Crippen LogP contribution in [0.15, 0.2) is 67.0 Å². The molecule has 148 valence electrons. The fraction of sp³-hybridized carbons (Fsp3) is 0.0952. The minimum Gasteiger partial charge on any atom is -0.452 e. The van der Waals surface area contributed by atoms with Gasteiger partial charge >= 0.3 is 5.97 Å². The molecule has 29 heavy (non-hydrogen) atoms. The largest absolute Gasteiger partial charge is 0.452 e. The highest BCUT2D eigenvalue weighted by Crippen LogP contribution is 2.17. The van der Waals surface area contributed by atoms with Crippen molar-refractivity contribution in [2.75, 3.05) is 11.9 Å². The van der Waals surface area contributed by atoms with Gasteiger partial charge in [-0.05, 0) is 23.8 Å². The van der Waals surface area contributed by atoms with Crippen molar-refractivity contribution >= 4 is 23.6 Å². The zero-order valence-electron chi connectivity index (χ0n) is 15.2. The first-order valence-corrected chi connectivity index (χ1v) is 8.66. The van der Waals surface area contributed by atoms with E-state index in [4.69, 9.17) is 4.74 Å². The van der Waals surface area contributed by atoms with Crippen LogP contribution in [-0.2, 0) is 20.9 Å². The molecule has 1 heterocycles. The van der Waals surface area contributed by atoms with Crippen molar-refractivity contribution in [3.63, 3.8) is 0 Å². The maximum atomic E-state index is 13.5. The number of aromatic nitrogens is 2. The van der Waals surface area contributed by atoms with Crippen LogP contribution in [0.25, 0.3) is 6.08 Å². The average Bonchev–Trinajstić information content (AvgIpc) is 3.16. The van der Waals surface area contributed by atoms with E-state index in [-0.39, 0.29) is 0 Å². The summed E-state index contributed by atoms with van der Waals surface area (Å²) in [4.78, 5) is 23.5. The molecule has 8 heteroatoms. The number of amides is 1. The molecule has 3 rings (SSSR count). The van der Waals surface area contributed by atoms with E-state index in [1.807, 2.05) is 35.6 Å². The number of carbonyl (C=O) groups excluding carboxylic acids is 2. The first kappa shape index (κ1) is 19.9. The van der Waals surface area contributed by atoms with Gasteiger partial charge in [0.15, 0.2) is 6.61 Å². The van der Waals surface area contributed by atoms with Crippen molar-refractivity contribution in [1.82, 2.24) is 9.78 Å². The Bertz CT molecular complexity index is 1010. The van der Waals surface area contributed by atoms with Crippen molar-refractivity contribution in [2.24, 2.45) is 0 Å². The second-order valence-electron chi connectivity index (χ2n) is 6.04. The minimum absolute atomic E-state index is 0.588. The lowest BCUT2D eigenvalue weighted by molar-refractivity contribution is -0.142. The number of hydrogen-bond donors (Lipinski definition) is 1. The topological polar surface area (TPSA) is 73.2 Å². The van der Waals surface area contributed by atoms with Gasteiger partial charge in [-0.2, -0.15) is 5.10 Å². The molecule has 0 radical (unpaired) electrons. The Kier molecular flexibility index (Phi) is 6.47. The molecule has 0 spiro atoms. The predicted molar refractivity (Wildman–Crippen MR) is 103 cm³/mol. The number of anilines is 1. The number of halogens is 2. The number of rotatable bonds is 7. The van der Waals surface area contributed by atoms with Crippen LogP contribution in [0.5, 0.6) is 0 Å². The van der Waals surface area contributed by atoms with Crippen LogP contribution in [-0.4, -0.2) is 28.3 Å². The Hall–Kier alpha value is -3.81. The van der Waals surface area contributed by atoms with E-state index in [9.17, 15) is 18.4 Å². The van der Waals surface area contributed by atoms with E-state index < -0.39 is 35.8 Å². The third kappa shape index (κ3) is 5.83. The zero-order valence-corrected chi connectivity index (χ0v) is 15.2. The van der Waals surface area contributed by atoms with Crippen molar-refractivity contribution in [3.8, 4) is 0 Å². The van der Waals surface area contributed by atoms with Crippen molar-refractivity contribution in [3.05, 3.63) is 89.8 Å². The molecule has 3 aromatic rings. The first-order chi connectivity index (χ1) is 14.0. The minimum atomic E-state index is -0.919. The molecule has 0 aliphatic heterocycles. The van der Waals surface area contributed by atoms with Crippen molar-refractivity contribution < 1.29 is 23.1 Å². The summed E-state index contributed by atoms with van der Waals surface area (Å²) in [6, 6.07) is 12.9. The van der Waals surface area contributed by atoms with Gasteiger partial charge in [-0.1, -0.05) is 36.4 Å². The van der Waals surface area contributed by atoms with E-state index >= 15 is 0 Å². The van der Waals surface area contributed by atoms with Gasteiger partial charge in [0.2, 0.25) is 0 Å². The summed E-state index contributed by atoms with van der Waals surface area (Å²) in [6.45, 7) is -0.0872. The fourth-order valence-corrected chi connectivity index (χ4v) is 2.46. The molecule has 0 saturated heterocycles. The molecule has 0 fully saturated rings. The van der Waals surface area contributed by atoms with Gasteiger partial charge in [-0.15, -0.1) is 0 Å². The van der Waals surface area contributed by atoms with E-state index in [0.717, 1.165) is 23.8 Å². The van der Waals surface area contributed by atoms with Crippen LogP contribution < -0.4 is 5.32 Å². The molecule has 0 aliphatic rings. The summed E-state index contributed by atoms with van der Waals surface area (Å²) in [6.07, 6.45) is 5.97. The number of para-hydroxylation sites is 1. The monoisotopic (exact) mass is 397 g/mol. The number of hydrogen-bond acceptors (Lipinski definition) is 4. The molecule has 1 amide bonds. The van der Waals surface area contributed by atoms with Crippen LogP contribution in [0, 0.1) is 11.6 Å². The average molecular weight is 397 g/mol. The maximum Gasteiger partial charge on any atom is 0.331 e. The highest BCUT2D eigenvalue weighted by molar-refractivity contribution is 5.94. The molecule has 0 atom stereocenters. The van der Waals surface area contributed by atoms with Crippen LogP contribution in [0.1, 0.15) is 11.1 Å². The van der Waals surface area contributed by atoms with Gasteiger partial charge in [0.25, 0.3) is 5.91 Å². The van der Waals surface area contributed by atoms with Crippen molar-refractivity contribution in [2.45, 2.75) is 6.54 Å². The van der Waals surface area contributed by atoms with E-state index in [2.05, 4.69) is 5.10 Å². The lowest BCUT2D eigenvalue weighted by atomic mass is 10.2. The van der Waals surface area contributed by atoms with E-state index in [1.54, 1.807) is 17.1 Å². The molecule has 6 nitrogen and oxygen atoms in total. The predicted octanol–water partition coefficient (Wildman–Crippen LogP) is 3.40. The lowest BCUT2D eigenvalue weighted by Gasteiger charge is -2.07. The second kappa shape index (κ2) is 9.41. The van der Waals surface area contributed by atoms with Gasteiger partial charge in [0.05, 0.1) is 12.7 Å². The number of nitrogens with one attached hydrogen (secondary N) is 1. The van der Waals surface area contributed by atoms with Crippen LogP contribution in [0.2, 0.25) is 0 Å². The Morgan fingerprint density at radius 3 is 2.52 bits per heavy atom. The lowest BCUT2D eigenvalue weighted by Crippen LogP contribution is -2.21. The van der Waals surface area contributed by atoms with E-state index in [0.29, 0.717) is 12.1 Å². The highest BCUT2D eigenvalue weighted by atomic mass is 19.1. The Labute approximate surface area is 165 Å². The molecule has 1 aromatic heterocycles. The number of carbonyl (C=O) groups is 2. The summed E-state index contributed by atoms with van der Waals surface area (Å²) in [5.74, 6) is -3.47. The summed E-state index contributed by atoms with van der Waals surface area (Å²) in [5, 5.41) is 6.24. The van der Waals surface area contributed by atoms with Gasteiger partial charge in [-0.25, -0.2) is 13.6 Å². The smallest absolute Gasteiger partial charge is 0.331 e. The molecule has 0 bridgehead atoms. The van der Waals surface area contributed by atoms with Crippen LogP contribution >= 0.6 is 0 Å². The fourth-order valence-electron chi connectivity index (χ4n) is 2.46. The van der Waals surface area contributed by atoms with E-state index in [1.165, 1.54) is 12.1 Å². The van der Waals surface area contributed by atoms with Gasteiger partial charge in [0.1, 0.15) is 17.3 Å². The summed E-state index contributed by atoms with van der Waals surface area (Å²) >= 11 is 0. The third-order valence-electron chi connectivity index (χ3n) is 3.83. The van der Waals surface area contributed by atoms with Crippen LogP contribution in [0.4, 0.5) is 14.5 Å². The van der Waals surface area contributed by atoms with Gasteiger partial charge in [-0.3, -0.25) is 9.48 Å². The maximum absolute atomic E-state index is 13.5. The summed E-state index contributed by atoms with van der Waals surface area (Å²) < 4.78 is 33.4. The molecule has 2 aromatic carbocycles. The molecule has 0 unspecified atom stereocenters. The second-order valence-corrected chi connectivity index (χ2v) is 6.04. The standard InChI is InChI=1S/C21H17F2N3O3/c22-17-7-4-8-18(23)21(17)25-19(27)14-29-20(28)10-9-16-11-24-26(13-16)12-15-5-2-1-3-6-15/h1-11,13H,12,14H2,(H,25,27)/b10-9+. The molecule has 0 saturated carbocycles. The van der Waals surface area contributed by atoms with Crippen LogP contribution in [0.3, 0.4) is 0 Å². The third-order valence-corrected chi connectivity index (χ3v) is 3.83. The summed E-state index contributed by atoms with van der Waals surface area (Å²) in [5.41, 5.74) is 1.17. The summed E-state index contributed by atoms with van der Waals surface area (Å²) in [7, 11) is 0. The van der Waals surface area contributed by atoms with Crippen molar-refractivity contribution in [1.29, 1.82) is 0 Å². The quantitative estimate of drug-likeness (QED) is 0.490. The SMILES string of the molecule is O=C(COC(=O)/C=C/c1cnn(Cc2ccccc2)c1)Nc1c(F)cccc1F. The molecular formula is C21H17F2N3O3. The number of ether oxygens (including phenoxy) is 1. The number of esters is 1. The Morgan fingerprint density at radius 1 is 1.07 bits per heavy atom. The Morgan fingerprint density at radius 2 is 1.79 bits per heavy atom. The highest BCUT2D eigenvalue weighted by Gasteiger charge is 2.13. The first-order valence-electron chi connectivity index (χ1n) is 8.66. The Balaban J connectivity index is 1.48. The molecule has 1 N–H and O–H groups in total. The van der Waals surface area contributed by atoms with Gasteiger partial charge in [0, 0.05) is 17.8 Å². The number of benzene rings is 2. The van der Waals surface area contributed by atoms with Gasteiger partial charge < -0.3 is 10.1 Å². The number of nitrogens with zero attached hydrogens (tertiary/aromatic N) is 2. The molecule has 0 aliphatic carbocycles. The zero-order chi connectivity index (χ0) is 20.6. The molecular weight excluding hydrogens is 380 g/mol.